The molecule has 1 heterocycles. The lowest BCUT2D eigenvalue weighted by Crippen LogP contribution is -2.47. The highest BCUT2D eigenvalue weighted by atomic mass is 16.2. The van der Waals surface area contributed by atoms with Crippen LogP contribution in [0, 0.1) is 11.3 Å². The van der Waals surface area contributed by atoms with E-state index in [9.17, 15) is 4.79 Å². The van der Waals surface area contributed by atoms with Gasteiger partial charge in [0.2, 0.25) is 5.91 Å². The second-order valence-corrected chi connectivity index (χ2v) is 5.75. The molecule has 0 radical (unpaired) electrons. The van der Waals surface area contributed by atoms with E-state index in [-0.39, 0.29) is 17.9 Å². The first kappa shape index (κ1) is 15.4. The number of carbonyl (C=O) groups is 1. The molecule has 106 valence electrons. The number of hydrogen-bond acceptors (Lipinski definition) is 3. The molecule has 2 N–H and O–H groups in total. The molecule has 4 nitrogen and oxygen atoms in total. The minimum Gasteiger partial charge on any atom is -0.396 e. The molecule has 1 rings (SSSR count). The average Bonchev–Trinajstić information content (AvgIpc) is 2.84. The zero-order valence-electron chi connectivity index (χ0n) is 12.0. The van der Waals surface area contributed by atoms with Crippen molar-refractivity contribution >= 4 is 5.91 Å². The number of aliphatic hydroxyl groups excluding tert-OH is 1. The maximum absolute atomic E-state index is 12.6. The summed E-state index contributed by atoms with van der Waals surface area (Å²) in [6.07, 6.45) is 3.74. The van der Waals surface area contributed by atoms with E-state index < -0.39 is 0 Å². The number of nitrogens with one attached hydrogen (secondary N) is 1. The molecule has 1 saturated heterocycles. The number of aliphatic hydroxyl groups is 1. The molecule has 18 heavy (non-hydrogen) atoms. The Balaban J connectivity index is 2.50. The minimum atomic E-state index is -0.203. The van der Waals surface area contributed by atoms with Gasteiger partial charge < -0.3 is 15.3 Å². The van der Waals surface area contributed by atoms with E-state index in [2.05, 4.69) is 19.2 Å². The van der Waals surface area contributed by atoms with Crippen LogP contribution in [0.3, 0.4) is 0 Å². The number of unbranched alkanes of at least 4 members (excludes halogenated alkanes) is 2. The Hall–Kier alpha value is -0.610. The van der Waals surface area contributed by atoms with Gasteiger partial charge >= 0.3 is 0 Å². The summed E-state index contributed by atoms with van der Waals surface area (Å²) in [7, 11) is 1.91. The van der Waals surface area contributed by atoms with E-state index in [1.165, 1.54) is 0 Å². The second-order valence-electron chi connectivity index (χ2n) is 5.75. The van der Waals surface area contributed by atoms with Crippen molar-refractivity contribution < 1.29 is 9.90 Å². The van der Waals surface area contributed by atoms with Crippen molar-refractivity contribution in [1.29, 1.82) is 0 Å². The predicted octanol–water partition coefficient (Wildman–Crippen LogP) is 1.24. The Morgan fingerprint density at radius 3 is 2.61 bits per heavy atom. The van der Waals surface area contributed by atoms with Gasteiger partial charge in [0.05, 0.1) is 5.41 Å². The highest BCUT2D eigenvalue weighted by Gasteiger charge is 2.45. The van der Waals surface area contributed by atoms with Crippen LogP contribution < -0.4 is 5.32 Å². The lowest BCUT2D eigenvalue weighted by Gasteiger charge is -2.35. The van der Waals surface area contributed by atoms with Gasteiger partial charge in [-0.05, 0) is 38.1 Å². The maximum Gasteiger partial charge on any atom is 0.230 e. The monoisotopic (exact) mass is 256 g/mol. The van der Waals surface area contributed by atoms with E-state index in [0.29, 0.717) is 5.92 Å². The van der Waals surface area contributed by atoms with Crippen molar-refractivity contribution in [3.05, 3.63) is 0 Å². The fraction of sp³-hybridized carbons (Fsp3) is 0.929. The van der Waals surface area contributed by atoms with E-state index in [0.717, 1.165) is 45.3 Å². The topological polar surface area (TPSA) is 52.6 Å². The fourth-order valence-electron chi connectivity index (χ4n) is 2.75. The number of carbonyl (C=O) groups excluding carboxylic acids is 1. The quantitative estimate of drug-likeness (QED) is 0.674. The predicted molar refractivity (Wildman–Crippen MR) is 73.3 cm³/mol. The third kappa shape index (κ3) is 3.45. The Kier molecular flexibility index (Phi) is 6.09. The van der Waals surface area contributed by atoms with Crippen LogP contribution in [0.2, 0.25) is 0 Å². The summed E-state index contributed by atoms with van der Waals surface area (Å²) < 4.78 is 0. The molecule has 1 amide bonds. The van der Waals surface area contributed by atoms with Gasteiger partial charge in [-0.1, -0.05) is 13.8 Å². The molecule has 1 aliphatic rings. The minimum absolute atomic E-state index is 0.203. The van der Waals surface area contributed by atoms with Crippen molar-refractivity contribution in [3.63, 3.8) is 0 Å². The molecule has 0 saturated carbocycles. The SMILES string of the molecule is CC(C)C1(C(=O)N(C)CCCCCO)CCNC1. The summed E-state index contributed by atoms with van der Waals surface area (Å²) in [4.78, 5) is 14.5. The van der Waals surface area contributed by atoms with Crippen molar-refractivity contribution in [1.82, 2.24) is 10.2 Å². The molecule has 0 aliphatic carbocycles. The first-order valence-electron chi connectivity index (χ1n) is 7.11. The Bertz CT molecular complexity index is 261. The maximum atomic E-state index is 12.6. The third-order valence-electron chi connectivity index (χ3n) is 4.22. The summed E-state index contributed by atoms with van der Waals surface area (Å²) >= 11 is 0. The first-order chi connectivity index (χ1) is 8.54. The molecule has 1 aliphatic heterocycles. The van der Waals surface area contributed by atoms with Crippen LogP contribution >= 0.6 is 0 Å². The van der Waals surface area contributed by atoms with Gasteiger partial charge in [-0.25, -0.2) is 0 Å². The number of nitrogens with zero attached hydrogens (tertiary/aromatic N) is 1. The van der Waals surface area contributed by atoms with Gasteiger partial charge in [-0.15, -0.1) is 0 Å². The van der Waals surface area contributed by atoms with Crippen LogP contribution in [0.25, 0.3) is 0 Å². The van der Waals surface area contributed by atoms with Crippen LogP contribution in [0.15, 0.2) is 0 Å². The summed E-state index contributed by atoms with van der Waals surface area (Å²) in [6, 6.07) is 0. The summed E-state index contributed by atoms with van der Waals surface area (Å²) in [5.41, 5.74) is -0.203. The summed E-state index contributed by atoms with van der Waals surface area (Å²) in [6.45, 7) is 7.09. The molecular weight excluding hydrogens is 228 g/mol. The standard InChI is InChI=1S/C14H28N2O2/c1-12(2)14(7-8-15-11-14)13(18)16(3)9-5-4-6-10-17/h12,15,17H,4-11H2,1-3H3. The van der Waals surface area contributed by atoms with Crippen LogP contribution in [-0.4, -0.2) is 49.2 Å². The first-order valence-corrected chi connectivity index (χ1v) is 7.11. The van der Waals surface area contributed by atoms with Crippen LogP contribution in [0.4, 0.5) is 0 Å². The van der Waals surface area contributed by atoms with Crippen LogP contribution in [-0.2, 0) is 4.79 Å². The summed E-state index contributed by atoms with van der Waals surface area (Å²) in [5, 5.41) is 12.1. The highest BCUT2D eigenvalue weighted by molar-refractivity contribution is 5.83. The number of rotatable bonds is 7. The van der Waals surface area contributed by atoms with Crippen molar-refractivity contribution in [3.8, 4) is 0 Å². The lowest BCUT2D eigenvalue weighted by molar-refractivity contribution is -0.142. The van der Waals surface area contributed by atoms with Crippen molar-refractivity contribution in [2.75, 3.05) is 33.3 Å². The molecule has 4 heteroatoms. The highest BCUT2D eigenvalue weighted by Crippen LogP contribution is 2.35. The Morgan fingerprint density at radius 1 is 1.39 bits per heavy atom. The molecule has 1 unspecified atom stereocenters. The largest absolute Gasteiger partial charge is 0.396 e. The molecule has 0 aromatic rings. The van der Waals surface area contributed by atoms with Gasteiger partial charge in [-0.3, -0.25) is 4.79 Å². The smallest absolute Gasteiger partial charge is 0.230 e. The van der Waals surface area contributed by atoms with E-state index in [1.54, 1.807) is 0 Å². The Morgan fingerprint density at radius 2 is 2.11 bits per heavy atom. The number of amides is 1. The normalized spacial score (nSPS) is 23.6. The molecule has 1 fully saturated rings. The van der Waals surface area contributed by atoms with Crippen molar-refractivity contribution in [2.45, 2.75) is 39.5 Å². The van der Waals surface area contributed by atoms with Crippen LogP contribution in [0.1, 0.15) is 39.5 Å². The van der Waals surface area contributed by atoms with Crippen molar-refractivity contribution in [2.24, 2.45) is 11.3 Å². The van der Waals surface area contributed by atoms with E-state index in [4.69, 9.17) is 5.11 Å². The van der Waals surface area contributed by atoms with Gasteiger partial charge in [0, 0.05) is 26.7 Å². The fourth-order valence-corrected chi connectivity index (χ4v) is 2.75. The van der Waals surface area contributed by atoms with Gasteiger partial charge in [0.1, 0.15) is 0 Å². The zero-order valence-corrected chi connectivity index (χ0v) is 12.0. The second kappa shape index (κ2) is 7.10. The van der Waals surface area contributed by atoms with E-state index in [1.807, 2.05) is 11.9 Å². The molecule has 0 aromatic heterocycles. The van der Waals surface area contributed by atoms with E-state index >= 15 is 0 Å². The lowest BCUT2D eigenvalue weighted by atomic mass is 9.75. The van der Waals surface area contributed by atoms with Crippen LogP contribution in [0.5, 0.6) is 0 Å². The molecule has 0 spiro atoms. The average molecular weight is 256 g/mol. The Labute approximate surface area is 111 Å². The van der Waals surface area contributed by atoms with Gasteiger partial charge in [0.25, 0.3) is 0 Å². The molecular formula is C14H28N2O2. The van der Waals surface area contributed by atoms with Gasteiger partial charge in [0.15, 0.2) is 0 Å². The van der Waals surface area contributed by atoms with Gasteiger partial charge in [-0.2, -0.15) is 0 Å². The number of hydrogen-bond donors (Lipinski definition) is 2. The summed E-state index contributed by atoms with van der Waals surface area (Å²) in [5.74, 6) is 0.659. The molecule has 1 atom stereocenters. The zero-order chi connectivity index (χ0) is 13.6. The molecule has 0 aromatic carbocycles. The molecule has 0 bridgehead atoms. The third-order valence-corrected chi connectivity index (χ3v) is 4.22.